The van der Waals surface area contributed by atoms with Crippen LogP contribution in [-0.4, -0.2) is 87.9 Å². The number of nitrogens with zero attached hydrogens (tertiary/aromatic N) is 3. The van der Waals surface area contributed by atoms with Crippen molar-refractivity contribution in [1.82, 2.24) is 20.4 Å². The number of halogens is 1. The van der Waals surface area contributed by atoms with Crippen LogP contribution in [0.15, 0.2) is 23.2 Å². The zero-order chi connectivity index (χ0) is 21.8. The topological polar surface area (TPSA) is 61.4 Å². The van der Waals surface area contributed by atoms with Crippen molar-refractivity contribution < 1.29 is 9.47 Å². The van der Waals surface area contributed by atoms with Gasteiger partial charge >= 0.3 is 0 Å². The van der Waals surface area contributed by atoms with E-state index >= 15 is 0 Å². The molecule has 2 N–H and O–H groups in total. The highest BCUT2D eigenvalue weighted by molar-refractivity contribution is 14.0. The second-order valence-electron chi connectivity index (χ2n) is 7.92. The standard InChI is InChI=1S/C23H41N5O2.HI/c1-6-24-23(25-17-20(4)28-12-10-27(5)11-13-28)26-18-21-9-8-19(3)16-22(21)30-15-14-29-7-2;/h8-9,16,20H,6-7,10-15,17-18H2,1-5H3,(H2,24,25,26);1H. The van der Waals surface area contributed by atoms with Crippen LogP contribution in [-0.2, 0) is 11.3 Å². The van der Waals surface area contributed by atoms with Crippen molar-refractivity contribution in [2.75, 3.05) is 66.1 Å². The average Bonchev–Trinajstić information content (AvgIpc) is 2.74. The summed E-state index contributed by atoms with van der Waals surface area (Å²) in [6.07, 6.45) is 0. The molecule has 2 rings (SSSR count). The lowest BCUT2D eigenvalue weighted by atomic mass is 10.1. The molecule has 1 heterocycles. The molecule has 1 aromatic rings. The molecule has 1 unspecified atom stereocenters. The molecule has 1 fully saturated rings. The molecule has 0 spiro atoms. The lowest BCUT2D eigenvalue weighted by molar-refractivity contribution is 0.110. The molecule has 1 aliphatic rings. The van der Waals surface area contributed by atoms with Gasteiger partial charge in [0, 0.05) is 57.5 Å². The monoisotopic (exact) mass is 547 g/mol. The summed E-state index contributed by atoms with van der Waals surface area (Å²) in [5.74, 6) is 1.74. The van der Waals surface area contributed by atoms with E-state index in [4.69, 9.17) is 14.5 Å². The van der Waals surface area contributed by atoms with E-state index in [2.05, 4.69) is 66.5 Å². The van der Waals surface area contributed by atoms with Gasteiger partial charge in [0.05, 0.1) is 13.2 Å². The minimum absolute atomic E-state index is 0. The molecule has 1 aromatic carbocycles. The number of aryl methyl sites for hydroxylation is 1. The van der Waals surface area contributed by atoms with Gasteiger partial charge in [0.2, 0.25) is 0 Å². The Bertz CT molecular complexity index is 651. The molecular weight excluding hydrogens is 505 g/mol. The smallest absolute Gasteiger partial charge is 0.191 e. The summed E-state index contributed by atoms with van der Waals surface area (Å²) in [5, 5.41) is 6.87. The number of hydrogen-bond acceptors (Lipinski definition) is 5. The maximum absolute atomic E-state index is 5.95. The van der Waals surface area contributed by atoms with E-state index < -0.39 is 0 Å². The number of aliphatic imine (C=N–C) groups is 1. The second kappa shape index (κ2) is 15.7. The highest BCUT2D eigenvalue weighted by atomic mass is 127. The fourth-order valence-corrected chi connectivity index (χ4v) is 3.42. The van der Waals surface area contributed by atoms with E-state index in [0.29, 0.717) is 32.4 Å². The maximum atomic E-state index is 5.95. The summed E-state index contributed by atoms with van der Waals surface area (Å²) in [6, 6.07) is 6.76. The van der Waals surface area contributed by atoms with Crippen LogP contribution in [0.2, 0.25) is 0 Å². The predicted molar refractivity (Wildman–Crippen MR) is 140 cm³/mol. The molecule has 178 valence electrons. The first kappa shape index (κ1) is 27.9. The summed E-state index contributed by atoms with van der Waals surface area (Å²) >= 11 is 0. The van der Waals surface area contributed by atoms with Gasteiger partial charge in [-0.2, -0.15) is 0 Å². The number of likely N-dealkylation sites (N-methyl/N-ethyl adjacent to an activating group) is 1. The number of hydrogen-bond donors (Lipinski definition) is 2. The summed E-state index contributed by atoms with van der Waals surface area (Å²) < 4.78 is 11.3. The van der Waals surface area contributed by atoms with Crippen LogP contribution in [0.3, 0.4) is 0 Å². The number of rotatable bonds is 11. The van der Waals surface area contributed by atoms with E-state index in [1.807, 2.05) is 6.92 Å². The van der Waals surface area contributed by atoms with Gasteiger partial charge in [0.15, 0.2) is 5.96 Å². The largest absolute Gasteiger partial charge is 0.491 e. The third kappa shape index (κ3) is 10.4. The Morgan fingerprint density at radius 2 is 1.87 bits per heavy atom. The molecule has 1 aliphatic heterocycles. The first-order valence-electron chi connectivity index (χ1n) is 11.3. The van der Waals surface area contributed by atoms with E-state index in [1.54, 1.807) is 0 Å². The van der Waals surface area contributed by atoms with Gasteiger partial charge in [-0.05, 0) is 46.4 Å². The van der Waals surface area contributed by atoms with E-state index in [-0.39, 0.29) is 24.0 Å². The van der Waals surface area contributed by atoms with Gasteiger partial charge in [-0.15, -0.1) is 24.0 Å². The van der Waals surface area contributed by atoms with Gasteiger partial charge in [-0.1, -0.05) is 12.1 Å². The van der Waals surface area contributed by atoms with Crippen LogP contribution >= 0.6 is 24.0 Å². The fraction of sp³-hybridized carbons (Fsp3) is 0.696. The van der Waals surface area contributed by atoms with Gasteiger partial charge < -0.3 is 25.0 Å². The molecule has 0 saturated carbocycles. The van der Waals surface area contributed by atoms with Crippen molar-refractivity contribution in [3.63, 3.8) is 0 Å². The van der Waals surface area contributed by atoms with Gasteiger partial charge in [0.25, 0.3) is 0 Å². The summed E-state index contributed by atoms with van der Waals surface area (Å²) in [4.78, 5) is 9.73. The molecule has 0 bridgehead atoms. The molecule has 8 heteroatoms. The molecular formula is C23H42IN5O2. The summed E-state index contributed by atoms with van der Waals surface area (Å²) in [7, 11) is 2.19. The lowest BCUT2D eigenvalue weighted by Gasteiger charge is -2.36. The molecule has 0 amide bonds. The van der Waals surface area contributed by atoms with E-state index in [0.717, 1.165) is 56.5 Å². The van der Waals surface area contributed by atoms with E-state index in [1.165, 1.54) is 5.56 Å². The molecule has 0 aromatic heterocycles. The van der Waals surface area contributed by atoms with E-state index in [9.17, 15) is 0 Å². The van der Waals surface area contributed by atoms with Gasteiger partial charge in [0.1, 0.15) is 12.4 Å². The first-order valence-corrected chi connectivity index (χ1v) is 11.3. The zero-order valence-corrected chi connectivity index (χ0v) is 22.3. The maximum Gasteiger partial charge on any atom is 0.191 e. The molecule has 0 aliphatic carbocycles. The van der Waals surface area contributed by atoms with Gasteiger partial charge in [-0.3, -0.25) is 4.90 Å². The van der Waals surface area contributed by atoms with Crippen molar-refractivity contribution in [2.45, 2.75) is 40.3 Å². The number of ether oxygens (including phenoxy) is 2. The van der Waals surface area contributed by atoms with Crippen LogP contribution in [0.5, 0.6) is 5.75 Å². The highest BCUT2D eigenvalue weighted by Crippen LogP contribution is 2.21. The molecule has 7 nitrogen and oxygen atoms in total. The average molecular weight is 548 g/mol. The van der Waals surface area contributed by atoms with Crippen molar-refractivity contribution >= 4 is 29.9 Å². The van der Waals surface area contributed by atoms with Gasteiger partial charge in [-0.25, -0.2) is 4.99 Å². The second-order valence-corrected chi connectivity index (χ2v) is 7.92. The Hall–Kier alpha value is -1.10. The fourth-order valence-electron chi connectivity index (χ4n) is 3.42. The van der Waals surface area contributed by atoms with Crippen molar-refractivity contribution in [1.29, 1.82) is 0 Å². The Labute approximate surface area is 206 Å². The third-order valence-electron chi connectivity index (χ3n) is 5.39. The Morgan fingerprint density at radius 3 is 2.55 bits per heavy atom. The van der Waals surface area contributed by atoms with Crippen LogP contribution < -0.4 is 15.4 Å². The van der Waals surface area contributed by atoms with Crippen molar-refractivity contribution in [2.24, 2.45) is 4.99 Å². The van der Waals surface area contributed by atoms with Crippen molar-refractivity contribution in [3.8, 4) is 5.75 Å². The first-order chi connectivity index (χ1) is 14.5. The van der Waals surface area contributed by atoms with Crippen LogP contribution in [0, 0.1) is 6.92 Å². The van der Waals surface area contributed by atoms with Crippen LogP contribution in [0.1, 0.15) is 31.9 Å². The van der Waals surface area contributed by atoms with Crippen LogP contribution in [0.25, 0.3) is 0 Å². The predicted octanol–water partition coefficient (Wildman–Crippen LogP) is 2.72. The summed E-state index contributed by atoms with van der Waals surface area (Å²) in [5.41, 5.74) is 2.27. The van der Waals surface area contributed by atoms with Crippen molar-refractivity contribution in [3.05, 3.63) is 29.3 Å². The SMILES string of the molecule is CCNC(=NCc1ccc(C)cc1OCCOCC)NCC(C)N1CCN(C)CC1.I. The highest BCUT2D eigenvalue weighted by Gasteiger charge is 2.19. The Morgan fingerprint density at radius 1 is 1.13 bits per heavy atom. The minimum Gasteiger partial charge on any atom is -0.491 e. The normalized spacial score (nSPS) is 16.5. The Balaban J connectivity index is 0.00000480. The number of benzene rings is 1. The number of guanidine groups is 1. The quantitative estimate of drug-likeness (QED) is 0.192. The lowest BCUT2D eigenvalue weighted by Crippen LogP contribution is -2.52. The third-order valence-corrected chi connectivity index (χ3v) is 5.39. The Kier molecular flexibility index (Phi) is 14.1. The molecule has 0 radical (unpaired) electrons. The molecule has 31 heavy (non-hydrogen) atoms. The molecule has 1 atom stereocenters. The summed E-state index contributed by atoms with van der Waals surface area (Å²) in [6.45, 7) is 17.1. The zero-order valence-electron chi connectivity index (χ0n) is 19.9. The van der Waals surface area contributed by atoms with Crippen LogP contribution in [0.4, 0.5) is 0 Å². The minimum atomic E-state index is 0. The molecule has 1 saturated heterocycles. The number of piperazine rings is 1. The number of nitrogens with one attached hydrogen (secondary N) is 2.